The molecule has 0 saturated carbocycles. The second-order valence-corrected chi connectivity index (χ2v) is 7.80. The van der Waals surface area contributed by atoms with Gasteiger partial charge in [-0.2, -0.15) is 4.98 Å². The van der Waals surface area contributed by atoms with Gasteiger partial charge in [0.15, 0.2) is 9.84 Å². The summed E-state index contributed by atoms with van der Waals surface area (Å²) < 4.78 is 28.3. The molecule has 0 unspecified atom stereocenters. The molecule has 0 spiro atoms. The SMILES string of the molecule is O=S1(=O)CC[C@H](Nc2nccc(N[C@H]3CCCOC3)n2)C1. The van der Waals surface area contributed by atoms with Crippen LogP contribution in [0, 0.1) is 0 Å². The minimum Gasteiger partial charge on any atom is -0.379 e. The van der Waals surface area contributed by atoms with E-state index in [9.17, 15) is 8.42 Å². The van der Waals surface area contributed by atoms with E-state index in [0.29, 0.717) is 19.0 Å². The Hall–Kier alpha value is -1.41. The average molecular weight is 312 g/mol. The fourth-order valence-corrected chi connectivity index (χ4v) is 4.34. The van der Waals surface area contributed by atoms with Crippen molar-refractivity contribution in [3.63, 3.8) is 0 Å². The summed E-state index contributed by atoms with van der Waals surface area (Å²) in [4.78, 5) is 8.55. The predicted octanol–water partition coefficient (Wildman–Crippen LogP) is 0.666. The van der Waals surface area contributed by atoms with Crippen LogP contribution < -0.4 is 10.6 Å². The molecule has 1 aromatic rings. The van der Waals surface area contributed by atoms with Crippen LogP contribution in [0.4, 0.5) is 11.8 Å². The topological polar surface area (TPSA) is 93.2 Å². The largest absolute Gasteiger partial charge is 0.379 e. The van der Waals surface area contributed by atoms with Gasteiger partial charge in [-0.05, 0) is 25.3 Å². The predicted molar refractivity (Wildman–Crippen MR) is 80.2 cm³/mol. The Morgan fingerprint density at radius 1 is 1.24 bits per heavy atom. The lowest BCUT2D eigenvalue weighted by Crippen LogP contribution is -2.30. The zero-order valence-corrected chi connectivity index (χ0v) is 12.6. The maximum atomic E-state index is 11.5. The molecule has 7 nitrogen and oxygen atoms in total. The third kappa shape index (κ3) is 4.04. The lowest BCUT2D eigenvalue weighted by atomic mass is 10.1. The van der Waals surface area contributed by atoms with Crippen LogP contribution in [0.15, 0.2) is 12.3 Å². The summed E-state index contributed by atoms with van der Waals surface area (Å²) in [6, 6.07) is 1.99. The molecule has 2 N–H and O–H groups in total. The Morgan fingerprint density at radius 3 is 2.86 bits per heavy atom. The summed E-state index contributed by atoms with van der Waals surface area (Å²) in [5.41, 5.74) is 0. The maximum absolute atomic E-state index is 11.5. The third-order valence-electron chi connectivity index (χ3n) is 3.73. The molecule has 21 heavy (non-hydrogen) atoms. The highest BCUT2D eigenvalue weighted by molar-refractivity contribution is 7.91. The van der Waals surface area contributed by atoms with E-state index in [1.54, 1.807) is 6.20 Å². The van der Waals surface area contributed by atoms with Gasteiger partial charge in [-0.15, -0.1) is 0 Å². The normalized spacial score (nSPS) is 28.2. The summed E-state index contributed by atoms with van der Waals surface area (Å²) in [6.07, 6.45) is 4.39. The summed E-state index contributed by atoms with van der Waals surface area (Å²) in [6.45, 7) is 1.51. The lowest BCUT2D eigenvalue weighted by molar-refractivity contribution is 0.0875. The van der Waals surface area contributed by atoms with E-state index in [0.717, 1.165) is 25.3 Å². The summed E-state index contributed by atoms with van der Waals surface area (Å²) in [5.74, 6) is 1.61. The molecule has 2 fully saturated rings. The van der Waals surface area contributed by atoms with Crippen LogP contribution >= 0.6 is 0 Å². The molecule has 116 valence electrons. The van der Waals surface area contributed by atoms with Crippen molar-refractivity contribution in [2.45, 2.75) is 31.3 Å². The van der Waals surface area contributed by atoms with Gasteiger partial charge < -0.3 is 15.4 Å². The molecular weight excluding hydrogens is 292 g/mol. The number of ether oxygens (including phenoxy) is 1. The third-order valence-corrected chi connectivity index (χ3v) is 5.50. The molecule has 0 bridgehead atoms. The van der Waals surface area contributed by atoms with Crippen molar-refractivity contribution in [3.8, 4) is 0 Å². The van der Waals surface area contributed by atoms with E-state index < -0.39 is 9.84 Å². The molecular formula is C13H20N4O3S. The van der Waals surface area contributed by atoms with E-state index in [1.807, 2.05) is 6.07 Å². The second-order valence-electron chi connectivity index (χ2n) is 5.57. The Bertz CT molecular complexity index is 587. The molecule has 2 aliphatic rings. The number of sulfone groups is 1. The van der Waals surface area contributed by atoms with E-state index in [-0.39, 0.29) is 23.6 Å². The number of hydrogen-bond donors (Lipinski definition) is 2. The van der Waals surface area contributed by atoms with E-state index in [1.165, 1.54) is 0 Å². The first-order valence-corrected chi connectivity index (χ1v) is 9.07. The summed E-state index contributed by atoms with van der Waals surface area (Å²) >= 11 is 0. The minimum atomic E-state index is -2.90. The van der Waals surface area contributed by atoms with Crippen molar-refractivity contribution in [1.29, 1.82) is 0 Å². The molecule has 3 rings (SSSR count). The fraction of sp³-hybridized carbons (Fsp3) is 0.692. The van der Waals surface area contributed by atoms with Crippen LogP contribution in [-0.2, 0) is 14.6 Å². The Morgan fingerprint density at radius 2 is 2.14 bits per heavy atom. The quantitative estimate of drug-likeness (QED) is 0.844. The molecule has 0 amide bonds. The molecule has 0 aromatic carbocycles. The Balaban J connectivity index is 1.60. The number of hydrogen-bond acceptors (Lipinski definition) is 7. The Kier molecular flexibility index (Phi) is 4.25. The van der Waals surface area contributed by atoms with Gasteiger partial charge in [0.2, 0.25) is 5.95 Å². The molecule has 0 aliphatic carbocycles. The summed E-state index contributed by atoms with van der Waals surface area (Å²) in [5, 5.41) is 6.43. The van der Waals surface area contributed by atoms with Gasteiger partial charge in [-0.25, -0.2) is 13.4 Å². The molecule has 2 saturated heterocycles. The molecule has 2 atom stereocenters. The van der Waals surface area contributed by atoms with E-state index >= 15 is 0 Å². The van der Waals surface area contributed by atoms with E-state index in [4.69, 9.17) is 4.74 Å². The van der Waals surface area contributed by atoms with E-state index in [2.05, 4.69) is 20.6 Å². The van der Waals surface area contributed by atoms with Crippen molar-refractivity contribution in [2.75, 3.05) is 35.4 Å². The number of aromatic nitrogens is 2. The minimum absolute atomic E-state index is 0.0942. The van der Waals surface area contributed by atoms with Crippen LogP contribution in [0.3, 0.4) is 0 Å². The zero-order chi connectivity index (χ0) is 14.7. The van der Waals surface area contributed by atoms with Crippen molar-refractivity contribution in [1.82, 2.24) is 9.97 Å². The average Bonchev–Trinajstić information content (AvgIpc) is 2.79. The molecule has 1 aromatic heterocycles. The van der Waals surface area contributed by atoms with Crippen LogP contribution in [0.25, 0.3) is 0 Å². The van der Waals surface area contributed by atoms with Gasteiger partial charge in [-0.1, -0.05) is 0 Å². The molecule has 0 radical (unpaired) electrons. The van der Waals surface area contributed by atoms with Gasteiger partial charge in [0.05, 0.1) is 24.2 Å². The van der Waals surface area contributed by atoms with Crippen molar-refractivity contribution >= 4 is 21.6 Å². The maximum Gasteiger partial charge on any atom is 0.224 e. The fourth-order valence-electron chi connectivity index (χ4n) is 2.66. The number of nitrogens with one attached hydrogen (secondary N) is 2. The first-order chi connectivity index (χ1) is 10.1. The highest BCUT2D eigenvalue weighted by Crippen LogP contribution is 2.17. The number of nitrogens with zero attached hydrogens (tertiary/aromatic N) is 2. The first kappa shape index (κ1) is 14.5. The smallest absolute Gasteiger partial charge is 0.224 e. The van der Waals surface area contributed by atoms with Crippen LogP contribution in [-0.4, -0.2) is 55.2 Å². The van der Waals surface area contributed by atoms with Crippen molar-refractivity contribution < 1.29 is 13.2 Å². The van der Waals surface area contributed by atoms with Gasteiger partial charge in [-0.3, -0.25) is 0 Å². The Labute approximate surface area is 124 Å². The van der Waals surface area contributed by atoms with Crippen LogP contribution in [0.2, 0.25) is 0 Å². The number of rotatable bonds is 4. The summed E-state index contributed by atoms with van der Waals surface area (Å²) in [7, 11) is -2.90. The molecule has 2 aliphatic heterocycles. The monoisotopic (exact) mass is 312 g/mol. The lowest BCUT2D eigenvalue weighted by Gasteiger charge is -2.23. The van der Waals surface area contributed by atoms with Crippen LogP contribution in [0.1, 0.15) is 19.3 Å². The van der Waals surface area contributed by atoms with Crippen molar-refractivity contribution in [3.05, 3.63) is 12.3 Å². The molecule has 3 heterocycles. The molecule has 8 heteroatoms. The van der Waals surface area contributed by atoms with Gasteiger partial charge in [0, 0.05) is 18.8 Å². The highest BCUT2D eigenvalue weighted by atomic mass is 32.2. The number of anilines is 2. The van der Waals surface area contributed by atoms with Gasteiger partial charge in [0.25, 0.3) is 0 Å². The van der Waals surface area contributed by atoms with Gasteiger partial charge >= 0.3 is 0 Å². The first-order valence-electron chi connectivity index (χ1n) is 7.25. The van der Waals surface area contributed by atoms with Gasteiger partial charge in [0.1, 0.15) is 5.82 Å². The van der Waals surface area contributed by atoms with Crippen molar-refractivity contribution in [2.24, 2.45) is 0 Å². The van der Waals surface area contributed by atoms with Crippen LogP contribution in [0.5, 0.6) is 0 Å². The zero-order valence-electron chi connectivity index (χ0n) is 11.8. The highest BCUT2D eigenvalue weighted by Gasteiger charge is 2.28. The second kappa shape index (κ2) is 6.15. The standard InChI is InChI=1S/C13H20N4O3S/c18-21(19)7-4-11(9-21)16-13-14-5-3-12(17-13)15-10-2-1-6-20-8-10/h3,5,10-11H,1-2,4,6-9H2,(H2,14,15,16,17)/t10-,11-/m0/s1.